The van der Waals surface area contributed by atoms with E-state index in [0.29, 0.717) is 5.56 Å². The lowest BCUT2D eigenvalue weighted by molar-refractivity contribution is -0.159. The van der Waals surface area contributed by atoms with E-state index in [1.165, 1.54) is 39.2 Å². The van der Waals surface area contributed by atoms with Gasteiger partial charge in [0.2, 0.25) is 11.5 Å². The summed E-state index contributed by atoms with van der Waals surface area (Å²) in [7, 11) is 1.23. The second-order valence-electron chi connectivity index (χ2n) is 5.18. The molecule has 0 aliphatic carbocycles. The smallest absolute Gasteiger partial charge is 0.381 e. The van der Waals surface area contributed by atoms with Crippen LogP contribution < -0.4 is 5.32 Å². The highest BCUT2D eigenvalue weighted by molar-refractivity contribution is 6.30. The molecule has 6 nitrogen and oxygen atoms in total. The fourth-order valence-corrected chi connectivity index (χ4v) is 2.12. The lowest BCUT2D eigenvalue weighted by atomic mass is 10.2. The van der Waals surface area contributed by atoms with Gasteiger partial charge in [-0.3, -0.25) is 4.79 Å². The number of carbonyl (C=O) groups is 2. The fourth-order valence-electron chi connectivity index (χ4n) is 1.92. The van der Waals surface area contributed by atoms with Crippen LogP contribution in [0.3, 0.4) is 0 Å². The van der Waals surface area contributed by atoms with Gasteiger partial charge < -0.3 is 19.5 Å². The molecule has 1 aliphatic rings. The number of cyclic esters (lactones) is 1. The van der Waals surface area contributed by atoms with Gasteiger partial charge in [-0.25, -0.2) is 9.18 Å². The average molecular weight is 344 g/mol. The molecule has 1 fully saturated rings. The minimum Gasteiger partial charge on any atom is -0.488 e. The van der Waals surface area contributed by atoms with E-state index in [1.54, 1.807) is 0 Å². The first-order valence-electron chi connectivity index (χ1n) is 6.66. The number of nitrogens with one attached hydrogen (secondary N) is 1. The van der Waals surface area contributed by atoms with Crippen molar-refractivity contribution in [3.8, 4) is 0 Å². The summed E-state index contributed by atoms with van der Waals surface area (Å²) >= 11 is 5.67. The Morgan fingerprint density at radius 2 is 2.09 bits per heavy atom. The zero-order chi connectivity index (χ0) is 17.2. The molecular weight excluding hydrogens is 329 g/mol. The maximum atomic E-state index is 13.1. The van der Waals surface area contributed by atoms with E-state index in [1.807, 2.05) is 0 Å². The van der Waals surface area contributed by atoms with Crippen LogP contribution in [0.15, 0.2) is 29.7 Å². The summed E-state index contributed by atoms with van der Waals surface area (Å²) in [6.45, 7) is 3.13. The van der Waals surface area contributed by atoms with E-state index in [2.05, 4.69) is 5.32 Å². The Bertz CT molecular complexity index is 686. The molecule has 1 amide bonds. The lowest BCUT2D eigenvalue weighted by Gasteiger charge is -2.14. The Morgan fingerprint density at radius 3 is 2.61 bits per heavy atom. The number of carbonyl (C=O) groups excluding carboxylic acids is 2. The third kappa shape index (κ3) is 3.92. The summed E-state index contributed by atoms with van der Waals surface area (Å²) in [6, 6.07) is 4.06. The Labute approximate surface area is 137 Å². The standard InChI is InChI=1S/C15H15ClFNO5/c1-15(2)22-12(14(20)23-15)11(21-3)13(19)18-7-8-4-5-10(17)9(16)6-8/h4-6H,7H2,1-3H3,(H,18,19). The highest BCUT2D eigenvalue weighted by Gasteiger charge is 2.41. The molecule has 1 aliphatic heterocycles. The summed E-state index contributed by atoms with van der Waals surface area (Å²) in [4.78, 5) is 23.9. The summed E-state index contributed by atoms with van der Waals surface area (Å²) < 4.78 is 28.3. The van der Waals surface area contributed by atoms with E-state index >= 15 is 0 Å². The number of hydrogen-bond acceptors (Lipinski definition) is 5. The van der Waals surface area contributed by atoms with Gasteiger partial charge >= 0.3 is 5.97 Å². The molecule has 0 unspecified atom stereocenters. The molecule has 0 bridgehead atoms. The van der Waals surface area contributed by atoms with Crippen LogP contribution in [0, 0.1) is 5.82 Å². The van der Waals surface area contributed by atoms with Gasteiger partial charge in [0.25, 0.3) is 11.7 Å². The average Bonchev–Trinajstić information content (AvgIpc) is 2.74. The first-order chi connectivity index (χ1) is 10.7. The second-order valence-corrected chi connectivity index (χ2v) is 5.59. The van der Waals surface area contributed by atoms with Crippen molar-refractivity contribution >= 4 is 23.5 Å². The van der Waals surface area contributed by atoms with Crippen molar-refractivity contribution in [2.45, 2.75) is 26.2 Å². The SMILES string of the molecule is COC(C(=O)NCc1ccc(F)c(Cl)c1)=C1OC(C)(C)OC1=O. The number of amides is 1. The van der Waals surface area contributed by atoms with Crippen LogP contribution in [-0.4, -0.2) is 24.8 Å². The van der Waals surface area contributed by atoms with Gasteiger partial charge in [0.05, 0.1) is 12.1 Å². The number of esters is 1. The van der Waals surface area contributed by atoms with E-state index in [9.17, 15) is 14.0 Å². The maximum absolute atomic E-state index is 13.1. The van der Waals surface area contributed by atoms with Gasteiger partial charge in [0.1, 0.15) is 5.82 Å². The third-order valence-corrected chi connectivity index (χ3v) is 3.22. The fraction of sp³-hybridized carbons (Fsp3) is 0.333. The first-order valence-corrected chi connectivity index (χ1v) is 7.04. The summed E-state index contributed by atoms with van der Waals surface area (Å²) in [5, 5.41) is 2.48. The molecule has 124 valence electrons. The highest BCUT2D eigenvalue weighted by atomic mass is 35.5. The van der Waals surface area contributed by atoms with Gasteiger partial charge in [-0.1, -0.05) is 17.7 Å². The molecule has 0 saturated carbocycles. The molecule has 0 aromatic heterocycles. The van der Waals surface area contributed by atoms with Gasteiger partial charge in [-0.05, 0) is 17.7 Å². The van der Waals surface area contributed by atoms with Crippen LogP contribution in [0.5, 0.6) is 0 Å². The van der Waals surface area contributed by atoms with Crippen molar-refractivity contribution in [1.82, 2.24) is 5.32 Å². The Hall–Kier alpha value is -2.28. The van der Waals surface area contributed by atoms with Crippen molar-refractivity contribution in [1.29, 1.82) is 0 Å². The molecule has 0 spiro atoms. The molecular formula is C15H15ClFNO5. The van der Waals surface area contributed by atoms with Crippen LogP contribution in [0.4, 0.5) is 4.39 Å². The Kier molecular flexibility index (Phi) is 4.79. The largest absolute Gasteiger partial charge is 0.488 e. The van der Waals surface area contributed by atoms with Gasteiger partial charge in [0.15, 0.2) is 0 Å². The minimum atomic E-state index is -1.17. The second kappa shape index (κ2) is 6.45. The monoisotopic (exact) mass is 343 g/mol. The predicted molar refractivity (Wildman–Crippen MR) is 78.5 cm³/mol. The van der Waals surface area contributed by atoms with Gasteiger partial charge in [-0.2, -0.15) is 0 Å². The van der Waals surface area contributed by atoms with E-state index in [4.69, 9.17) is 25.8 Å². The summed E-state index contributed by atoms with van der Waals surface area (Å²) in [6.07, 6.45) is 0. The van der Waals surface area contributed by atoms with Crippen LogP contribution in [0.1, 0.15) is 19.4 Å². The quantitative estimate of drug-likeness (QED) is 0.515. The topological polar surface area (TPSA) is 73.9 Å². The van der Waals surface area contributed by atoms with Crippen molar-refractivity contribution in [3.05, 3.63) is 46.1 Å². The van der Waals surface area contributed by atoms with Gasteiger partial charge in [-0.15, -0.1) is 0 Å². The van der Waals surface area contributed by atoms with Crippen LogP contribution in [-0.2, 0) is 30.3 Å². The number of methoxy groups -OCH3 is 1. The molecule has 1 aromatic rings. The van der Waals surface area contributed by atoms with E-state index in [-0.39, 0.29) is 23.1 Å². The highest BCUT2D eigenvalue weighted by Crippen LogP contribution is 2.28. The number of benzene rings is 1. The Balaban J connectivity index is 2.12. The minimum absolute atomic E-state index is 0.0495. The number of halogens is 2. The van der Waals surface area contributed by atoms with E-state index in [0.717, 1.165) is 0 Å². The molecule has 0 radical (unpaired) electrons. The number of rotatable bonds is 4. The number of hydrogen-bond donors (Lipinski definition) is 1. The first kappa shape index (κ1) is 17.1. The maximum Gasteiger partial charge on any atom is 0.381 e. The summed E-state index contributed by atoms with van der Waals surface area (Å²) in [5.74, 6) is -3.77. The predicted octanol–water partition coefficient (Wildman–Crippen LogP) is 2.26. The molecule has 1 aromatic carbocycles. The van der Waals surface area contributed by atoms with E-state index < -0.39 is 23.5 Å². The number of ether oxygens (including phenoxy) is 3. The Morgan fingerprint density at radius 1 is 1.39 bits per heavy atom. The third-order valence-electron chi connectivity index (χ3n) is 2.93. The van der Waals surface area contributed by atoms with Crippen molar-refractivity contribution in [2.75, 3.05) is 7.11 Å². The summed E-state index contributed by atoms with van der Waals surface area (Å²) in [5.41, 5.74) is 0.584. The van der Waals surface area contributed by atoms with Crippen LogP contribution >= 0.6 is 11.6 Å². The molecule has 8 heteroatoms. The molecule has 23 heavy (non-hydrogen) atoms. The molecule has 2 rings (SSSR count). The van der Waals surface area contributed by atoms with Crippen LogP contribution in [0.2, 0.25) is 5.02 Å². The van der Waals surface area contributed by atoms with Gasteiger partial charge in [0, 0.05) is 20.4 Å². The van der Waals surface area contributed by atoms with Crippen LogP contribution in [0.25, 0.3) is 0 Å². The zero-order valence-corrected chi connectivity index (χ0v) is 13.5. The van der Waals surface area contributed by atoms with Crippen molar-refractivity contribution in [3.63, 3.8) is 0 Å². The molecule has 1 N–H and O–H groups in total. The van der Waals surface area contributed by atoms with Crippen molar-refractivity contribution in [2.24, 2.45) is 0 Å². The molecule has 1 saturated heterocycles. The molecule has 1 heterocycles. The normalized spacial score (nSPS) is 18.0. The van der Waals surface area contributed by atoms with Crippen molar-refractivity contribution < 1.29 is 28.2 Å². The molecule has 0 atom stereocenters. The lowest BCUT2D eigenvalue weighted by Crippen LogP contribution is -2.27. The zero-order valence-electron chi connectivity index (χ0n) is 12.7.